The molecule has 0 fully saturated rings. The lowest BCUT2D eigenvalue weighted by Gasteiger charge is -2.08. The number of allylic oxidation sites excluding steroid dienone is 1. The Morgan fingerprint density at radius 1 is 1.24 bits per heavy atom. The number of nitrogens with one attached hydrogen (secondary N) is 2. The van der Waals surface area contributed by atoms with Crippen LogP contribution in [0.1, 0.15) is 33.1 Å². The lowest BCUT2D eigenvalue weighted by Crippen LogP contribution is -2.12. The number of ether oxygens (including phenoxy) is 1. The van der Waals surface area contributed by atoms with E-state index in [1.54, 1.807) is 31.2 Å². The van der Waals surface area contributed by atoms with Crippen LogP contribution in [0.5, 0.6) is 0 Å². The maximum Gasteiger partial charge on any atom is 0.251 e. The summed E-state index contributed by atoms with van der Waals surface area (Å²) in [7, 11) is 1.51. The third kappa shape index (κ3) is 6.61. The molecule has 21 heavy (non-hydrogen) atoms. The average molecular weight is 290 g/mol. The van der Waals surface area contributed by atoms with Crippen molar-refractivity contribution in [2.45, 2.75) is 33.1 Å². The van der Waals surface area contributed by atoms with E-state index in [1.165, 1.54) is 13.2 Å². The average Bonchev–Trinajstić information content (AvgIpc) is 2.45. The monoisotopic (exact) mass is 290 g/mol. The summed E-state index contributed by atoms with van der Waals surface area (Å²) in [5, 5.41) is 5.53. The van der Waals surface area contributed by atoms with Gasteiger partial charge in [0, 0.05) is 23.9 Å². The lowest BCUT2D eigenvalue weighted by atomic mass is 10.2. The maximum atomic E-state index is 11.7. The quantitative estimate of drug-likeness (QED) is 0.598. The van der Waals surface area contributed by atoms with Gasteiger partial charge in [0.2, 0.25) is 5.91 Å². The fraction of sp³-hybridized carbons (Fsp3) is 0.375. The first kappa shape index (κ1) is 16.8. The van der Waals surface area contributed by atoms with Gasteiger partial charge < -0.3 is 15.4 Å². The molecule has 0 radical (unpaired) electrons. The van der Waals surface area contributed by atoms with Gasteiger partial charge in [-0.3, -0.25) is 9.59 Å². The second kappa shape index (κ2) is 8.79. The van der Waals surface area contributed by atoms with E-state index >= 15 is 0 Å². The van der Waals surface area contributed by atoms with Gasteiger partial charge in [-0.2, -0.15) is 0 Å². The molecule has 0 unspecified atom stereocenters. The molecule has 0 saturated carbocycles. The van der Waals surface area contributed by atoms with Crippen molar-refractivity contribution in [1.29, 1.82) is 0 Å². The Morgan fingerprint density at radius 2 is 1.90 bits per heavy atom. The van der Waals surface area contributed by atoms with E-state index in [-0.39, 0.29) is 11.8 Å². The minimum Gasteiger partial charge on any atom is -0.501 e. The van der Waals surface area contributed by atoms with Gasteiger partial charge in [-0.05, 0) is 31.5 Å². The smallest absolute Gasteiger partial charge is 0.251 e. The van der Waals surface area contributed by atoms with Gasteiger partial charge in [0.15, 0.2) is 0 Å². The van der Waals surface area contributed by atoms with Crippen molar-refractivity contribution in [2.24, 2.45) is 0 Å². The molecule has 5 nitrogen and oxygen atoms in total. The SMILES string of the molecule is CCCCC(=O)Nc1cccc(NC(=O)C=C(C)OC)c1. The molecule has 1 rings (SSSR count). The second-order valence-corrected chi connectivity index (χ2v) is 4.68. The number of hydrogen-bond donors (Lipinski definition) is 2. The summed E-state index contributed by atoms with van der Waals surface area (Å²) in [5.74, 6) is 0.232. The van der Waals surface area contributed by atoms with Gasteiger partial charge in [-0.1, -0.05) is 19.4 Å². The van der Waals surface area contributed by atoms with E-state index in [0.29, 0.717) is 23.6 Å². The molecule has 0 heterocycles. The molecule has 0 aliphatic rings. The first-order chi connectivity index (χ1) is 10.0. The Morgan fingerprint density at radius 3 is 2.52 bits per heavy atom. The number of carbonyl (C=O) groups is 2. The summed E-state index contributed by atoms with van der Waals surface area (Å²) >= 11 is 0. The molecule has 1 aromatic carbocycles. The normalized spacial score (nSPS) is 10.9. The van der Waals surface area contributed by atoms with Crippen molar-refractivity contribution < 1.29 is 14.3 Å². The predicted molar refractivity (Wildman–Crippen MR) is 84.0 cm³/mol. The number of carbonyl (C=O) groups excluding carboxylic acids is 2. The van der Waals surface area contributed by atoms with Gasteiger partial charge in [0.05, 0.1) is 12.9 Å². The van der Waals surface area contributed by atoms with Crippen LogP contribution < -0.4 is 10.6 Å². The third-order valence-corrected chi connectivity index (χ3v) is 2.83. The minimum atomic E-state index is -0.274. The molecule has 0 atom stereocenters. The van der Waals surface area contributed by atoms with E-state index in [9.17, 15) is 9.59 Å². The van der Waals surface area contributed by atoms with E-state index in [1.807, 2.05) is 6.92 Å². The molecule has 2 N–H and O–H groups in total. The summed E-state index contributed by atoms with van der Waals surface area (Å²) < 4.78 is 4.92. The van der Waals surface area contributed by atoms with Crippen LogP contribution >= 0.6 is 0 Å². The number of anilines is 2. The van der Waals surface area contributed by atoms with Crippen LogP contribution in [0.25, 0.3) is 0 Å². The summed E-state index contributed by atoms with van der Waals surface area (Å²) in [6.07, 6.45) is 3.72. The maximum absolute atomic E-state index is 11.7. The van der Waals surface area contributed by atoms with Crippen LogP contribution in [0.4, 0.5) is 11.4 Å². The highest BCUT2D eigenvalue weighted by atomic mass is 16.5. The van der Waals surface area contributed by atoms with Crippen molar-refractivity contribution in [3.8, 4) is 0 Å². The van der Waals surface area contributed by atoms with E-state index in [2.05, 4.69) is 10.6 Å². The Labute approximate surface area is 125 Å². The molecule has 1 aromatic rings. The van der Waals surface area contributed by atoms with Crippen LogP contribution in [0.3, 0.4) is 0 Å². The molecular formula is C16H22N2O3. The molecule has 0 spiro atoms. The number of hydrogen-bond acceptors (Lipinski definition) is 3. The summed E-state index contributed by atoms with van der Waals surface area (Å²) in [4.78, 5) is 23.4. The molecule has 0 aliphatic heterocycles. The van der Waals surface area contributed by atoms with Crippen molar-refractivity contribution in [3.05, 3.63) is 36.1 Å². The van der Waals surface area contributed by atoms with Crippen molar-refractivity contribution >= 4 is 23.2 Å². The summed E-state index contributed by atoms with van der Waals surface area (Å²) in [6.45, 7) is 3.74. The Balaban J connectivity index is 2.64. The van der Waals surface area contributed by atoms with E-state index < -0.39 is 0 Å². The Bertz CT molecular complexity index is 524. The molecule has 2 amide bonds. The highest BCUT2D eigenvalue weighted by Gasteiger charge is 2.04. The van der Waals surface area contributed by atoms with Crippen LogP contribution in [0.15, 0.2) is 36.1 Å². The topological polar surface area (TPSA) is 67.4 Å². The molecule has 0 saturated heterocycles. The van der Waals surface area contributed by atoms with Crippen LogP contribution in [0, 0.1) is 0 Å². The Kier molecular flexibility index (Phi) is 7.01. The van der Waals surface area contributed by atoms with Gasteiger partial charge in [-0.15, -0.1) is 0 Å². The predicted octanol–water partition coefficient (Wildman–Crippen LogP) is 3.30. The summed E-state index contributed by atoms with van der Waals surface area (Å²) in [6, 6.07) is 7.04. The first-order valence-electron chi connectivity index (χ1n) is 6.98. The van der Waals surface area contributed by atoms with Crippen LogP contribution in [-0.4, -0.2) is 18.9 Å². The zero-order chi connectivity index (χ0) is 15.7. The highest BCUT2D eigenvalue weighted by molar-refractivity contribution is 6.00. The molecular weight excluding hydrogens is 268 g/mol. The van der Waals surface area contributed by atoms with Gasteiger partial charge in [0.25, 0.3) is 5.91 Å². The molecule has 0 bridgehead atoms. The van der Waals surface area contributed by atoms with Gasteiger partial charge in [-0.25, -0.2) is 0 Å². The fourth-order valence-corrected chi connectivity index (χ4v) is 1.66. The van der Waals surface area contributed by atoms with E-state index in [4.69, 9.17) is 4.74 Å². The zero-order valence-corrected chi connectivity index (χ0v) is 12.7. The zero-order valence-electron chi connectivity index (χ0n) is 12.7. The fourth-order valence-electron chi connectivity index (χ4n) is 1.66. The molecule has 5 heteroatoms. The Hall–Kier alpha value is -2.30. The van der Waals surface area contributed by atoms with Crippen LogP contribution in [-0.2, 0) is 14.3 Å². The number of amides is 2. The van der Waals surface area contributed by atoms with Crippen molar-refractivity contribution in [2.75, 3.05) is 17.7 Å². The largest absolute Gasteiger partial charge is 0.501 e. The second-order valence-electron chi connectivity index (χ2n) is 4.68. The van der Waals surface area contributed by atoms with Crippen molar-refractivity contribution in [3.63, 3.8) is 0 Å². The number of benzene rings is 1. The van der Waals surface area contributed by atoms with Crippen LogP contribution in [0.2, 0.25) is 0 Å². The third-order valence-electron chi connectivity index (χ3n) is 2.83. The van der Waals surface area contributed by atoms with Gasteiger partial charge in [0.1, 0.15) is 0 Å². The standard InChI is InChI=1S/C16H22N2O3/c1-4-5-9-15(19)17-13-7-6-8-14(11-13)18-16(20)10-12(2)21-3/h6-8,10-11H,4-5,9H2,1-3H3,(H,17,19)(H,18,20). The lowest BCUT2D eigenvalue weighted by molar-refractivity contribution is -0.116. The van der Waals surface area contributed by atoms with E-state index in [0.717, 1.165) is 12.8 Å². The number of unbranched alkanes of at least 4 members (excludes halogenated alkanes) is 1. The minimum absolute atomic E-state index is 0.0181. The first-order valence-corrected chi connectivity index (χ1v) is 6.98. The van der Waals surface area contributed by atoms with Gasteiger partial charge >= 0.3 is 0 Å². The number of rotatable bonds is 7. The highest BCUT2D eigenvalue weighted by Crippen LogP contribution is 2.16. The number of methoxy groups -OCH3 is 1. The molecule has 0 aliphatic carbocycles. The summed E-state index contributed by atoms with van der Waals surface area (Å²) in [5.41, 5.74) is 1.29. The van der Waals surface area contributed by atoms with Crippen molar-refractivity contribution in [1.82, 2.24) is 0 Å². The molecule has 0 aromatic heterocycles. The molecule has 114 valence electrons.